The molecule has 9 heteroatoms. The molecule has 25 heavy (non-hydrogen) atoms. The van der Waals surface area contributed by atoms with Crippen molar-refractivity contribution >= 4 is 17.3 Å². The molecule has 0 aliphatic carbocycles. The Kier molecular flexibility index (Phi) is 5.26. The number of carbonyl (C=O) groups is 1. The van der Waals surface area contributed by atoms with Gasteiger partial charge in [0.15, 0.2) is 11.9 Å². The highest BCUT2D eigenvalue weighted by Crippen LogP contribution is 2.30. The van der Waals surface area contributed by atoms with Crippen LogP contribution in [0, 0.1) is 10.1 Å². The van der Waals surface area contributed by atoms with Gasteiger partial charge in [-0.25, -0.2) is 0 Å². The van der Waals surface area contributed by atoms with E-state index >= 15 is 0 Å². The van der Waals surface area contributed by atoms with E-state index in [1.807, 2.05) is 0 Å². The van der Waals surface area contributed by atoms with Gasteiger partial charge in [-0.15, -0.1) is 0 Å². The summed E-state index contributed by atoms with van der Waals surface area (Å²) in [6.45, 7) is 1.37. The zero-order valence-electron chi connectivity index (χ0n) is 12.9. The number of nitro groups is 1. The van der Waals surface area contributed by atoms with Crippen LogP contribution < -0.4 is 10.1 Å². The smallest absolute Gasteiger partial charge is 0.416 e. The third-order valence-corrected chi connectivity index (χ3v) is 3.21. The predicted octanol–water partition coefficient (Wildman–Crippen LogP) is 4.02. The number of carbonyl (C=O) groups excluding carboxylic acids is 1. The second-order valence-electron chi connectivity index (χ2n) is 5.05. The molecule has 2 aromatic rings. The van der Waals surface area contributed by atoms with Gasteiger partial charge in [0.05, 0.1) is 10.5 Å². The van der Waals surface area contributed by atoms with Crippen molar-refractivity contribution in [1.82, 2.24) is 0 Å². The molecule has 2 rings (SSSR count). The van der Waals surface area contributed by atoms with Crippen molar-refractivity contribution in [3.05, 3.63) is 64.2 Å². The van der Waals surface area contributed by atoms with Crippen LogP contribution in [0.1, 0.15) is 12.5 Å². The van der Waals surface area contributed by atoms with E-state index in [4.69, 9.17) is 4.74 Å². The highest BCUT2D eigenvalue weighted by molar-refractivity contribution is 5.94. The lowest BCUT2D eigenvalue weighted by atomic mass is 10.2. The standard InChI is InChI=1S/C16H13F3N2O4/c1-10(25-14-5-3-2-4-13(14)21(23)24)15(22)20-12-8-6-11(7-9-12)16(17,18)19/h2-10H,1H3,(H,20,22)/t10-/m1/s1. The van der Waals surface area contributed by atoms with Crippen LogP contribution in [0.25, 0.3) is 0 Å². The summed E-state index contributed by atoms with van der Waals surface area (Å²) in [6.07, 6.45) is -5.56. The van der Waals surface area contributed by atoms with Gasteiger partial charge < -0.3 is 10.1 Å². The molecule has 0 saturated carbocycles. The molecule has 2 aromatic carbocycles. The van der Waals surface area contributed by atoms with Crippen molar-refractivity contribution in [2.75, 3.05) is 5.32 Å². The third kappa shape index (κ3) is 4.69. The van der Waals surface area contributed by atoms with Gasteiger partial charge in [0.25, 0.3) is 5.91 Å². The lowest BCUT2D eigenvalue weighted by Gasteiger charge is -2.15. The molecule has 1 atom stereocenters. The largest absolute Gasteiger partial charge is 0.474 e. The lowest BCUT2D eigenvalue weighted by molar-refractivity contribution is -0.386. The summed E-state index contributed by atoms with van der Waals surface area (Å²) < 4.78 is 42.8. The number of benzene rings is 2. The Hall–Kier alpha value is -3.10. The molecule has 1 N–H and O–H groups in total. The van der Waals surface area contributed by atoms with Gasteiger partial charge in [-0.2, -0.15) is 13.2 Å². The first-order chi connectivity index (χ1) is 11.7. The van der Waals surface area contributed by atoms with E-state index in [9.17, 15) is 28.1 Å². The van der Waals surface area contributed by atoms with Crippen LogP contribution in [0.15, 0.2) is 48.5 Å². The summed E-state index contributed by atoms with van der Waals surface area (Å²) in [5, 5.41) is 13.3. The first-order valence-electron chi connectivity index (χ1n) is 7.06. The Bertz CT molecular complexity index is 776. The molecule has 1 amide bonds. The molecule has 0 aliphatic rings. The summed E-state index contributed by atoms with van der Waals surface area (Å²) in [4.78, 5) is 22.3. The van der Waals surface area contributed by atoms with E-state index in [1.165, 1.54) is 31.2 Å². The van der Waals surface area contributed by atoms with Crippen LogP contribution in [-0.4, -0.2) is 16.9 Å². The van der Waals surface area contributed by atoms with Gasteiger partial charge in [-0.05, 0) is 37.3 Å². The SMILES string of the molecule is C[C@@H](Oc1ccccc1[N+](=O)[O-])C(=O)Nc1ccc(C(F)(F)F)cc1. The number of hydrogen-bond acceptors (Lipinski definition) is 4. The molecule has 0 radical (unpaired) electrons. The second-order valence-corrected chi connectivity index (χ2v) is 5.05. The highest BCUT2D eigenvalue weighted by atomic mass is 19.4. The number of anilines is 1. The molecule has 0 heterocycles. The molecule has 0 saturated heterocycles. The van der Waals surface area contributed by atoms with Gasteiger partial charge in [0, 0.05) is 11.8 Å². The van der Waals surface area contributed by atoms with E-state index < -0.39 is 28.7 Å². The van der Waals surface area contributed by atoms with Crippen LogP contribution in [0.3, 0.4) is 0 Å². The van der Waals surface area contributed by atoms with Crippen LogP contribution >= 0.6 is 0 Å². The number of halogens is 3. The molecule has 0 unspecified atom stereocenters. The minimum atomic E-state index is -4.47. The fourth-order valence-corrected chi connectivity index (χ4v) is 1.94. The summed E-state index contributed by atoms with van der Waals surface area (Å²) in [6, 6.07) is 9.44. The third-order valence-electron chi connectivity index (χ3n) is 3.21. The average Bonchev–Trinajstić information content (AvgIpc) is 2.54. The van der Waals surface area contributed by atoms with Crippen molar-refractivity contribution in [1.29, 1.82) is 0 Å². The quantitative estimate of drug-likeness (QED) is 0.649. The number of alkyl halides is 3. The lowest BCUT2D eigenvalue weighted by Crippen LogP contribution is -2.30. The Morgan fingerprint density at radius 1 is 1.16 bits per heavy atom. The van der Waals surface area contributed by atoms with Gasteiger partial charge in [-0.3, -0.25) is 14.9 Å². The molecular formula is C16H13F3N2O4. The summed E-state index contributed by atoms with van der Waals surface area (Å²) in [5.41, 5.74) is -0.984. The zero-order chi connectivity index (χ0) is 18.6. The fourth-order valence-electron chi connectivity index (χ4n) is 1.94. The number of rotatable bonds is 5. The van der Waals surface area contributed by atoms with Gasteiger partial charge in [0.2, 0.25) is 0 Å². The first kappa shape index (κ1) is 18.2. The van der Waals surface area contributed by atoms with Crippen LogP contribution in [0.5, 0.6) is 5.75 Å². The van der Waals surface area contributed by atoms with Gasteiger partial charge >= 0.3 is 11.9 Å². The van der Waals surface area contributed by atoms with E-state index in [0.29, 0.717) is 0 Å². The summed E-state index contributed by atoms with van der Waals surface area (Å²) in [7, 11) is 0. The van der Waals surface area contributed by atoms with Crippen LogP contribution in [0.4, 0.5) is 24.5 Å². The first-order valence-corrected chi connectivity index (χ1v) is 7.06. The molecule has 0 spiro atoms. The molecule has 0 aromatic heterocycles. The number of nitrogens with one attached hydrogen (secondary N) is 1. The minimum absolute atomic E-state index is 0.0810. The van der Waals surface area contributed by atoms with E-state index in [1.54, 1.807) is 0 Å². The van der Waals surface area contributed by atoms with Crippen LogP contribution in [0.2, 0.25) is 0 Å². The number of hydrogen-bond donors (Lipinski definition) is 1. The molecular weight excluding hydrogens is 341 g/mol. The Labute approximate surface area is 140 Å². The fraction of sp³-hybridized carbons (Fsp3) is 0.188. The molecule has 0 fully saturated rings. The Balaban J connectivity index is 2.05. The maximum Gasteiger partial charge on any atom is 0.416 e. The summed E-state index contributed by atoms with van der Waals surface area (Å²) >= 11 is 0. The monoisotopic (exact) mass is 354 g/mol. The minimum Gasteiger partial charge on any atom is -0.474 e. The second kappa shape index (κ2) is 7.20. The number of para-hydroxylation sites is 2. The Morgan fingerprint density at radius 2 is 1.76 bits per heavy atom. The van der Waals surface area contributed by atoms with Crippen molar-refractivity contribution in [3.63, 3.8) is 0 Å². The topological polar surface area (TPSA) is 81.5 Å². The molecule has 6 nitrogen and oxygen atoms in total. The maximum atomic E-state index is 12.5. The van der Waals surface area contributed by atoms with E-state index in [-0.39, 0.29) is 17.1 Å². The van der Waals surface area contributed by atoms with Crippen molar-refractivity contribution < 1.29 is 27.6 Å². The predicted molar refractivity (Wildman–Crippen MR) is 83.3 cm³/mol. The van der Waals surface area contributed by atoms with Gasteiger partial charge in [-0.1, -0.05) is 12.1 Å². The molecule has 0 bridgehead atoms. The number of nitrogens with zero attached hydrogens (tertiary/aromatic N) is 1. The average molecular weight is 354 g/mol. The van der Waals surface area contributed by atoms with Crippen molar-refractivity contribution in [2.24, 2.45) is 0 Å². The van der Waals surface area contributed by atoms with E-state index in [2.05, 4.69) is 5.32 Å². The van der Waals surface area contributed by atoms with Crippen molar-refractivity contribution in [3.8, 4) is 5.75 Å². The highest BCUT2D eigenvalue weighted by Gasteiger charge is 2.30. The normalized spacial score (nSPS) is 12.3. The maximum absolute atomic E-state index is 12.5. The molecule has 132 valence electrons. The molecule has 0 aliphatic heterocycles. The number of ether oxygens (including phenoxy) is 1. The summed E-state index contributed by atoms with van der Waals surface area (Å²) in [5.74, 6) is -0.736. The number of amides is 1. The Morgan fingerprint density at radius 3 is 2.32 bits per heavy atom. The van der Waals surface area contributed by atoms with E-state index in [0.717, 1.165) is 24.3 Å². The zero-order valence-corrected chi connectivity index (χ0v) is 12.9. The van der Waals surface area contributed by atoms with Crippen LogP contribution in [-0.2, 0) is 11.0 Å². The van der Waals surface area contributed by atoms with Gasteiger partial charge in [0.1, 0.15) is 0 Å². The van der Waals surface area contributed by atoms with Crippen molar-refractivity contribution in [2.45, 2.75) is 19.2 Å². The number of nitro benzene ring substituents is 1.